The van der Waals surface area contributed by atoms with Gasteiger partial charge in [-0.15, -0.1) is 0 Å². The van der Waals surface area contributed by atoms with Gasteiger partial charge in [-0.2, -0.15) is 5.26 Å². The number of carbonyl (C=O) groups is 1. The lowest BCUT2D eigenvalue weighted by Gasteiger charge is -2.33. The van der Waals surface area contributed by atoms with Crippen molar-refractivity contribution in [2.75, 3.05) is 39.7 Å². The van der Waals surface area contributed by atoms with Crippen molar-refractivity contribution in [3.63, 3.8) is 0 Å². The topological polar surface area (TPSA) is 112 Å². The number of ether oxygens (including phenoxy) is 3. The lowest BCUT2D eigenvalue weighted by Crippen LogP contribution is -2.40. The summed E-state index contributed by atoms with van der Waals surface area (Å²) in [4.78, 5) is 14.0. The van der Waals surface area contributed by atoms with Gasteiger partial charge in [-0.25, -0.2) is 0 Å². The molecule has 1 aliphatic rings. The van der Waals surface area contributed by atoms with Gasteiger partial charge in [0.15, 0.2) is 17.4 Å². The van der Waals surface area contributed by atoms with Gasteiger partial charge in [0, 0.05) is 13.1 Å². The minimum Gasteiger partial charge on any atom is -0.465 e. The van der Waals surface area contributed by atoms with E-state index in [0.717, 1.165) is 0 Å². The first-order valence-corrected chi connectivity index (χ1v) is 8.07. The van der Waals surface area contributed by atoms with Crippen molar-refractivity contribution in [2.24, 2.45) is 5.92 Å². The van der Waals surface area contributed by atoms with Gasteiger partial charge in [0.1, 0.15) is 0 Å². The zero-order valence-electron chi connectivity index (χ0n) is 14.1. The molecule has 0 radical (unpaired) electrons. The number of carbonyl (C=O) groups excluding carboxylic acids is 1. The molecule has 8 heteroatoms. The highest BCUT2D eigenvalue weighted by atomic mass is 16.7. The van der Waals surface area contributed by atoms with E-state index in [1.165, 1.54) is 0 Å². The summed E-state index contributed by atoms with van der Waals surface area (Å²) in [5.74, 6) is -0.647. The Morgan fingerprint density at radius 2 is 2.00 bits per heavy atom. The normalized spacial score (nSPS) is 14.8. The third-order valence-electron chi connectivity index (χ3n) is 3.90. The lowest BCUT2D eigenvalue weighted by molar-refractivity contribution is -0.148. The van der Waals surface area contributed by atoms with Crippen LogP contribution >= 0.6 is 0 Å². The molecule has 2 N–H and O–H groups in total. The van der Waals surface area contributed by atoms with Crippen molar-refractivity contribution in [1.29, 1.82) is 5.26 Å². The van der Waals surface area contributed by atoms with Crippen molar-refractivity contribution in [3.8, 4) is 17.6 Å². The van der Waals surface area contributed by atoms with Crippen LogP contribution in [0.2, 0.25) is 0 Å². The minimum absolute atomic E-state index is 0.111. The second-order valence-corrected chi connectivity index (χ2v) is 5.40. The van der Waals surface area contributed by atoms with E-state index in [4.69, 9.17) is 14.2 Å². The van der Waals surface area contributed by atoms with Gasteiger partial charge in [0.05, 0.1) is 31.9 Å². The van der Waals surface area contributed by atoms with Crippen LogP contribution in [0.25, 0.3) is 0 Å². The first-order chi connectivity index (χ1) is 12.2. The predicted molar refractivity (Wildman–Crippen MR) is 86.8 cm³/mol. The zero-order chi connectivity index (χ0) is 18.2. The SMILES string of the molecule is CCOC(=O)[C@H](C#N)[C@@H](c1ccc2c(c1)OCO2)N(CCO)CCO. The molecule has 0 saturated heterocycles. The minimum atomic E-state index is -1.11. The van der Waals surface area contributed by atoms with Crippen molar-refractivity contribution in [2.45, 2.75) is 13.0 Å². The Kier molecular flexibility index (Phi) is 7.01. The third kappa shape index (κ3) is 4.39. The molecule has 1 heterocycles. The van der Waals surface area contributed by atoms with Crippen LogP contribution in [0.4, 0.5) is 0 Å². The smallest absolute Gasteiger partial charge is 0.325 e. The van der Waals surface area contributed by atoms with E-state index < -0.39 is 17.9 Å². The van der Waals surface area contributed by atoms with Crippen LogP contribution < -0.4 is 9.47 Å². The lowest BCUT2D eigenvalue weighted by atomic mass is 9.92. The van der Waals surface area contributed by atoms with Gasteiger partial charge >= 0.3 is 5.97 Å². The van der Waals surface area contributed by atoms with Gasteiger partial charge < -0.3 is 24.4 Å². The summed E-state index contributed by atoms with van der Waals surface area (Å²) in [6.07, 6.45) is 0. The van der Waals surface area contributed by atoms with E-state index in [9.17, 15) is 20.3 Å². The molecule has 0 saturated carbocycles. The Bertz CT molecular complexity index is 624. The highest BCUT2D eigenvalue weighted by Gasteiger charge is 2.36. The number of rotatable bonds is 9. The summed E-state index contributed by atoms with van der Waals surface area (Å²) in [6, 6.07) is 6.46. The number of aliphatic hydroxyl groups excluding tert-OH is 2. The van der Waals surface area contributed by atoms with Crippen LogP contribution in [0.5, 0.6) is 11.5 Å². The van der Waals surface area contributed by atoms with Crippen LogP contribution in [-0.4, -0.2) is 60.8 Å². The summed E-state index contributed by atoms with van der Waals surface area (Å²) in [7, 11) is 0. The van der Waals surface area contributed by atoms with Gasteiger partial charge in [0.25, 0.3) is 0 Å². The molecule has 136 valence electrons. The summed E-state index contributed by atoms with van der Waals surface area (Å²) in [6.45, 7) is 1.96. The molecule has 0 fully saturated rings. The van der Waals surface area contributed by atoms with Crippen LogP contribution in [0, 0.1) is 17.2 Å². The first kappa shape index (κ1) is 19.0. The molecular formula is C17H22N2O6. The second-order valence-electron chi connectivity index (χ2n) is 5.40. The molecule has 8 nitrogen and oxygen atoms in total. The van der Waals surface area contributed by atoms with E-state index in [2.05, 4.69) is 0 Å². The quantitative estimate of drug-likeness (QED) is 0.617. The average molecular weight is 350 g/mol. The van der Waals surface area contributed by atoms with Crippen LogP contribution in [0.1, 0.15) is 18.5 Å². The molecule has 0 amide bonds. The van der Waals surface area contributed by atoms with Crippen molar-refractivity contribution in [3.05, 3.63) is 23.8 Å². The maximum atomic E-state index is 12.3. The fraction of sp³-hybridized carbons (Fsp3) is 0.529. The standard InChI is InChI=1S/C17H22N2O6/c1-2-23-17(22)13(10-18)16(19(5-7-20)6-8-21)12-3-4-14-15(9-12)25-11-24-14/h3-4,9,13,16,20-21H,2,5-8,11H2,1H3/t13-,16-/m1/s1. The van der Waals surface area contributed by atoms with Crippen LogP contribution in [0.3, 0.4) is 0 Å². The molecule has 1 aromatic carbocycles. The molecule has 0 aliphatic carbocycles. The van der Waals surface area contributed by atoms with E-state index in [1.807, 2.05) is 6.07 Å². The number of nitriles is 1. The summed E-state index contributed by atoms with van der Waals surface area (Å²) >= 11 is 0. The molecule has 0 aromatic heterocycles. The molecule has 0 spiro atoms. The van der Waals surface area contributed by atoms with E-state index >= 15 is 0 Å². The number of nitrogens with zero attached hydrogens (tertiary/aromatic N) is 2. The molecule has 25 heavy (non-hydrogen) atoms. The average Bonchev–Trinajstić information content (AvgIpc) is 3.07. The Labute approximate surface area is 146 Å². The molecule has 1 aliphatic heterocycles. The molecule has 0 bridgehead atoms. The monoisotopic (exact) mass is 350 g/mol. The number of esters is 1. The fourth-order valence-electron chi connectivity index (χ4n) is 2.84. The highest BCUT2D eigenvalue weighted by Crippen LogP contribution is 2.38. The maximum absolute atomic E-state index is 12.3. The third-order valence-corrected chi connectivity index (χ3v) is 3.90. The molecule has 0 unspecified atom stereocenters. The number of fused-ring (bicyclic) bond motifs is 1. The van der Waals surface area contributed by atoms with Crippen molar-refractivity contribution in [1.82, 2.24) is 4.90 Å². The van der Waals surface area contributed by atoms with Gasteiger partial charge in [-0.1, -0.05) is 6.07 Å². The fourth-order valence-corrected chi connectivity index (χ4v) is 2.84. The van der Waals surface area contributed by atoms with Gasteiger partial charge in [-0.3, -0.25) is 9.69 Å². The Balaban J connectivity index is 2.43. The van der Waals surface area contributed by atoms with E-state index in [0.29, 0.717) is 17.1 Å². The number of benzene rings is 1. The summed E-state index contributed by atoms with van der Waals surface area (Å²) < 4.78 is 15.7. The van der Waals surface area contributed by atoms with Gasteiger partial charge in [0.2, 0.25) is 6.79 Å². The summed E-state index contributed by atoms with van der Waals surface area (Å²) in [5, 5.41) is 28.3. The molecule has 1 aromatic rings. The maximum Gasteiger partial charge on any atom is 0.325 e. The van der Waals surface area contributed by atoms with E-state index in [-0.39, 0.29) is 39.7 Å². The Morgan fingerprint density at radius 1 is 1.32 bits per heavy atom. The highest BCUT2D eigenvalue weighted by molar-refractivity contribution is 5.76. The largest absolute Gasteiger partial charge is 0.465 e. The van der Waals surface area contributed by atoms with Crippen LogP contribution in [0.15, 0.2) is 18.2 Å². The second kappa shape index (κ2) is 9.22. The summed E-state index contributed by atoms with van der Waals surface area (Å²) in [5.41, 5.74) is 0.644. The number of hydrogen-bond acceptors (Lipinski definition) is 8. The predicted octanol–water partition coefficient (Wildman–Crippen LogP) is 0.446. The van der Waals surface area contributed by atoms with Crippen molar-refractivity contribution < 1.29 is 29.2 Å². The van der Waals surface area contributed by atoms with E-state index in [1.54, 1.807) is 30.0 Å². The first-order valence-electron chi connectivity index (χ1n) is 8.07. The Morgan fingerprint density at radius 3 is 2.60 bits per heavy atom. The zero-order valence-corrected chi connectivity index (χ0v) is 14.1. The van der Waals surface area contributed by atoms with Crippen molar-refractivity contribution >= 4 is 5.97 Å². The number of hydrogen-bond donors (Lipinski definition) is 2. The molecule has 2 atom stereocenters. The molecule has 2 rings (SSSR count). The molecular weight excluding hydrogens is 328 g/mol. The van der Waals surface area contributed by atoms with Gasteiger partial charge in [-0.05, 0) is 24.6 Å². The number of aliphatic hydroxyl groups is 2. The Hall–Kier alpha value is -2.34. The van der Waals surface area contributed by atoms with Crippen LogP contribution in [-0.2, 0) is 9.53 Å².